The molecule has 2 atom stereocenters. The van der Waals surface area contributed by atoms with Gasteiger partial charge in [0.05, 0.1) is 5.54 Å². The summed E-state index contributed by atoms with van der Waals surface area (Å²) in [4.78, 5) is 11.5. The molecule has 0 aromatic carbocycles. The van der Waals surface area contributed by atoms with Crippen LogP contribution in [-0.2, 0) is 4.79 Å². The third-order valence-electron chi connectivity index (χ3n) is 2.42. The summed E-state index contributed by atoms with van der Waals surface area (Å²) in [7, 11) is 0. The van der Waals surface area contributed by atoms with Crippen LogP contribution in [0.25, 0.3) is 0 Å². The van der Waals surface area contributed by atoms with Gasteiger partial charge >= 0.3 is 0 Å². The van der Waals surface area contributed by atoms with Crippen molar-refractivity contribution in [3.63, 3.8) is 0 Å². The number of carbonyl (C=O) groups excluding carboxylic acids is 1. The van der Waals surface area contributed by atoms with Gasteiger partial charge in [-0.05, 0) is 33.1 Å². The number of amides is 1. The minimum absolute atomic E-state index is 0.0756. The predicted molar refractivity (Wildman–Crippen MR) is 59.9 cm³/mol. The van der Waals surface area contributed by atoms with Crippen LogP contribution in [0.15, 0.2) is 0 Å². The monoisotopic (exact) mass is 200 g/mol. The molecule has 3 nitrogen and oxygen atoms in total. The molecule has 0 aliphatic carbocycles. The zero-order valence-electron chi connectivity index (χ0n) is 10.1. The Morgan fingerprint density at radius 3 is 2.29 bits per heavy atom. The highest BCUT2D eigenvalue weighted by Crippen LogP contribution is 2.10. The predicted octanol–water partition coefficient (Wildman–Crippen LogP) is 1.66. The Kier molecular flexibility index (Phi) is 5.13. The average Bonchev–Trinajstić information content (AvgIpc) is 2.02. The largest absolute Gasteiger partial charge is 0.352 e. The summed E-state index contributed by atoms with van der Waals surface area (Å²) >= 11 is 0. The first kappa shape index (κ1) is 13.4. The Labute approximate surface area is 87.4 Å². The normalized spacial score (nSPS) is 16.1. The Morgan fingerprint density at radius 1 is 1.43 bits per heavy atom. The van der Waals surface area contributed by atoms with Gasteiger partial charge in [0.2, 0.25) is 5.91 Å². The molecule has 3 N–H and O–H groups in total. The highest BCUT2D eigenvalue weighted by molar-refractivity contribution is 5.85. The van der Waals surface area contributed by atoms with Gasteiger partial charge in [-0.15, -0.1) is 0 Å². The van der Waals surface area contributed by atoms with E-state index < -0.39 is 5.54 Å². The zero-order chi connectivity index (χ0) is 11.4. The molecule has 0 aromatic heterocycles. The molecular formula is C11H24N2O. The van der Waals surface area contributed by atoms with Crippen molar-refractivity contribution in [3.05, 3.63) is 0 Å². The molecule has 2 unspecified atom stereocenters. The van der Waals surface area contributed by atoms with Gasteiger partial charge in [-0.1, -0.05) is 20.3 Å². The van der Waals surface area contributed by atoms with Crippen molar-refractivity contribution in [2.75, 3.05) is 0 Å². The maximum absolute atomic E-state index is 11.5. The summed E-state index contributed by atoms with van der Waals surface area (Å²) < 4.78 is 0. The molecule has 0 aromatic rings. The summed E-state index contributed by atoms with van der Waals surface area (Å²) in [6, 6.07) is 0.209. The lowest BCUT2D eigenvalue weighted by Crippen LogP contribution is -2.51. The van der Waals surface area contributed by atoms with Gasteiger partial charge < -0.3 is 11.1 Å². The van der Waals surface area contributed by atoms with Gasteiger partial charge in [-0.3, -0.25) is 4.79 Å². The van der Waals surface area contributed by atoms with Gasteiger partial charge in [0.25, 0.3) is 0 Å². The average molecular weight is 200 g/mol. The molecular weight excluding hydrogens is 176 g/mol. The Hall–Kier alpha value is -0.570. The molecule has 14 heavy (non-hydrogen) atoms. The third-order valence-corrected chi connectivity index (χ3v) is 2.42. The number of hydrogen-bond acceptors (Lipinski definition) is 2. The van der Waals surface area contributed by atoms with Crippen molar-refractivity contribution in [3.8, 4) is 0 Å². The second-order valence-electron chi connectivity index (χ2n) is 4.85. The molecule has 0 spiro atoms. The highest BCUT2D eigenvalue weighted by Gasteiger charge is 2.23. The lowest BCUT2D eigenvalue weighted by Gasteiger charge is -2.23. The summed E-state index contributed by atoms with van der Waals surface area (Å²) in [5.74, 6) is 0.569. The standard InChI is InChI=1S/C11H24N2O/c1-6-8(2)7-9(3)13-10(14)11(4,5)12/h8-9H,6-7,12H2,1-5H3,(H,13,14). The van der Waals surface area contributed by atoms with Crippen LogP contribution in [0.1, 0.15) is 47.5 Å². The van der Waals surface area contributed by atoms with Crippen molar-refractivity contribution in [1.29, 1.82) is 0 Å². The number of hydrogen-bond donors (Lipinski definition) is 2. The molecule has 84 valence electrons. The fourth-order valence-corrected chi connectivity index (χ4v) is 1.24. The molecule has 0 heterocycles. The quantitative estimate of drug-likeness (QED) is 0.709. The van der Waals surface area contributed by atoms with Crippen molar-refractivity contribution >= 4 is 5.91 Å². The number of nitrogens with two attached hydrogens (primary N) is 1. The molecule has 0 saturated carbocycles. The van der Waals surface area contributed by atoms with Gasteiger partial charge in [0.1, 0.15) is 0 Å². The van der Waals surface area contributed by atoms with Gasteiger partial charge in [-0.25, -0.2) is 0 Å². The molecule has 0 fully saturated rings. The van der Waals surface area contributed by atoms with Crippen LogP contribution in [0.3, 0.4) is 0 Å². The highest BCUT2D eigenvalue weighted by atomic mass is 16.2. The summed E-state index contributed by atoms with van der Waals surface area (Å²) in [5, 5.41) is 2.92. The number of nitrogens with one attached hydrogen (secondary N) is 1. The first-order valence-corrected chi connectivity index (χ1v) is 5.37. The lowest BCUT2D eigenvalue weighted by atomic mass is 9.99. The van der Waals surface area contributed by atoms with E-state index in [9.17, 15) is 4.79 Å². The van der Waals surface area contributed by atoms with E-state index in [-0.39, 0.29) is 11.9 Å². The molecule has 0 radical (unpaired) electrons. The van der Waals surface area contributed by atoms with E-state index in [2.05, 4.69) is 19.2 Å². The molecule has 0 rings (SSSR count). The van der Waals surface area contributed by atoms with Crippen molar-refractivity contribution in [2.45, 2.75) is 59.0 Å². The van der Waals surface area contributed by atoms with Crippen LogP contribution < -0.4 is 11.1 Å². The number of rotatable bonds is 5. The lowest BCUT2D eigenvalue weighted by molar-refractivity contribution is -0.125. The van der Waals surface area contributed by atoms with Crippen LogP contribution in [-0.4, -0.2) is 17.5 Å². The zero-order valence-corrected chi connectivity index (χ0v) is 10.1. The molecule has 0 saturated heterocycles. The fraction of sp³-hybridized carbons (Fsp3) is 0.909. The second-order valence-corrected chi connectivity index (χ2v) is 4.85. The SMILES string of the molecule is CCC(C)CC(C)NC(=O)C(C)(C)N. The van der Waals surface area contributed by atoms with Crippen LogP contribution in [0.4, 0.5) is 0 Å². The van der Waals surface area contributed by atoms with E-state index in [4.69, 9.17) is 5.73 Å². The van der Waals surface area contributed by atoms with Crippen LogP contribution in [0.5, 0.6) is 0 Å². The van der Waals surface area contributed by atoms with E-state index in [1.165, 1.54) is 0 Å². The molecule has 3 heteroatoms. The summed E-state index contributed by atoms with van der Waals surface area (Å²) in [6.45, 7) is 9.81. The second kappa shape index (κ2) is 5.35. The van der Waals surface area contributed by atoms with Gasteiger partial charge in [-0.2, -0.15) is 0 Å². The molecule has 0 aliphatic rings. The molecule has 0 bridgehead atoms. The van der Waals surface area contributed by atoms with Crippen LogP contribution in [0.2, 0.25) is 0 Å². The summed E-state index contributed by atoms with van der Waals surface area (Å²) in [5.41, 5.74) is 4.90. The van der Waals surface area contributed by atoms with Gasteiger partial charge in [0, 0.05) is 6.04 Å². The van der Waals surface area contributed by atoms with Crippen LogP contribution in [0, 0.1) is 5.92 Å². The van der Waals surface area contributed by atoms with E-state index in [1.807, 2.05) is 6.92 Å². The number of carbonyl (C=O) groups is 1. The Bertz CT molecular complexity index is 184. The van der Waals surface area contributed by atoms with Gasteiger partial charge in [0.15, 0.2) is 0 Å². The van der Waals surface area contributed by atoms with E-state index >= 15 is 0 Å². The van der Waals surface area contributed by atoms with Crippen molar-refractivity contribution in [2.24, 2.45) is 11.7 Å². The first-order valence-electron chi connectivity index (χ1n) is 5.37. The Balaban J connectivity index is 3.95. The van der Waals surface area contributed by atoms with Crippen LogP contribution >= 0.6 is 0 Å². The molecule has 0 aliphatic heterocycles. The van der Waals surface area contributed by atoms with Crippen molar-refractivity contribution in [1.82, 2.24) is 5.32 Å². The maximum Gasteiger partial charge on any atom is 0.239 e. The van der Waals surface area contributed by atoms with E-state index in [0.717, 1.165) is 12.8 Å². The van der Waals surface area contributed by atoms with Crippen molar-refractivity contribution < 1.29 is 4.79 Å². The topological polar surface area (TPSA) is 55.1 Å². The minimum Gasteiger partial charge on any atom is -0.352 e. The Morgan fingerprint density at radius 2 is 1.93 bits per heavy atom. The van der Waals surface area contributed by atoms with E-state index in [1.54, 1.807) is 13.8 Å². The fourth-order valence-electron chi connectivity index (χ4n) is 1.24. The smallest absolute Gasteiger partial charge is 0.239 e. The maximum atomic E-state index is 11.5. The molecule has 1 amide bonds. The third kappa shape index (κ3) is 5.22. The minimum atomic E-state index is -0.774. The van der Waals surface area contributed by atoms with E-state index in [0.29, 0.717) is 5.92 Å². The first-order chi connectivity index (χ1) is 6.27. The summed E-state index contributed by atoms with van der Waals surface area (Å²) in [6.07, 6.45) is 2.16.